The van der Waals surface area contributed by atoms with Crippen molar-refractivity contribution in [3.63, 3.8) is 0 Å². The van der Waals surface area contributed by atoms with E-state index in [0.717, 1.165) is 17.0 Å². The van der Waals surface area contributed by atoms with Gasteiger partial charge in [-0.3, -0.25) is 4.90 Å². The Labute approximate surface area is 106 Å². The predicted molar refractivity (Wildman–Crippen MR) is 67.8 cm³/mol. The highest BCUT2D eigenvalue weighted by molar-refractivity contribution is 5.58. The highest BCUT2D eigenvalue weighted by atomic mass is 16.5. The normalized spacial score (nSPS) is 18.6. The van der Waals surface area contributed by atoms with Crippen molar-refractivity contribution in [2.45, 2.75) is 19.1 Å². The summed E-state index contributed by atoms with van der Waals surface area (Å²) in [5.41, 5.74) is 1.38. The number of likely N-dealkylation sites (tertiary alicyclic amines) is 1. The Morgan fingerprint density at radius 1 is 1.33 bits per heavy atom. The van der Waals surface area contributed by atoms with Crippen LogP contribution in [0.5, 0.6) is 0 Å². The maximum atomic E-state index is 9.66. The van der Waals surface area contributed by atoms with Gasteiger partial charge in [0.05, 0.1) is 12.1 Å². The summed E-state index contributed by atoms with van der Waals surface area (Å²) in [6.07, 6.45) is 0. The molecule has 94 valence electrons. The van der Waals surface area contributed by atoms with Gasteiger partial charge in [-0.05, 0) is 6.92 Å². The van der Waals surface area contributed by atoms with Crippen LogP contribution in [0.2, 0.25) is 0 Å². The molecule has 0 saturated carbocycles. The number of hydrogen-bond donors (Lipinski definition) is 1. The monoisotopic (exact) mass is 244 g/mol. The third kappa shape index (κ3) is 2.30. The second kappa shape index (κ2) is 4.23. The van der Waals surface area contributed by atoms with Gasteiger partial charge >= 0.3 is 0 Å². The topological polar surface area (TPSA) is 49.5 Å². The predicted octanol–water partition coefficient (Wildman–Crippen LogP) is 1.91. The van der Waals surface area contributed by atoms with Gasteiger partial charge in [0.1, 0.15) is 5.69 Å². The van der Waals surface area contributed by atoms with Crippen LogP contribution in [0.4, 0.5) is 0 Å². The molecule has 4 heteroatoms. The van der Waals surface area contributed by atoms with Crippen LogP contribution in [0.3, 0.4) is 0 Å². The number of aromatic nitrogens is 1. The molecular formula is C14H16N2O2. The molecule has 0 unspecified atom stereocenters. The highest BCUT2D eigenvalue weighted by Crippen LogP contribution is 2.24. The zero-order chi connectivity index (χ0) is 12.6. The van der Waals surface area contributed by atoms with Crippen LogP contribution in [0, 0.1) is 0 Å². The standard InChI is InChI=1S/C14H16N2O2/c1-14(17)9-16(10-14)8-12-7-13(15-18-12)11-5-3-2-4-6-11/h2-7,17H,8-10H2,1H3. The number of benzene rings is 1. The van der Waals surface area contributed by atoms with Crippen molar-refractivity contribution >= 4 is 0 Å². The molecule has 1 fully saturated rings. The molecule has 1 aliphatic rings. The molecule has 2 aromatic rings. The van der Waals surface area contributed by atoms with Crippen LogP contribution >= 0.6 is 0 Å². The molecule has 0 amide bonds. The molecule has 3 rings (SSSR count). The summed E-state index contributed by atoms with van der Waals surface area (Å²) in [4.78, 5) is 2.13. The van der Waals surface area contributed by atoms with Crippen molar-refractivity contribution in [1.29, 1.82) is 0 Å². The second-order valence-corrected chi connectivity index (χ2v) is 5.19. The second-order valence-electron chi connectivity index (χ2n) is 5.19. The molecule has 1 N–H and O–H groups in total. The van der Waals surface area contributed by atoms with E-state index in [1.165, 1.54) is 0 Å². The smallest absolute Gasteiger partial charge is 0.151 e. The fraction of sp³-hybridized carbons (Fsp3) is 0.357. The molecule has 18 heavy (non-hydrogen) atoms. The van der Waals surface area contributed by atoms with Gasteiger partial charge in [-0.2, -0.15) is 0 Å². The third-order valence-electron chi connectivity index (χ3n) is 3.14. The molecule has 1 saturated heterocycles. The first-order chi connectivity index (χ1) is 8.62. The molecule has 0 radical (unpaired) electrons. The number of hydrogen-bond acceptors (Lipinski definition) is 4. The summed E-state index contributed by atoms with van der Waals surface area (Å²) in [6, 6.07) is 11.9. The van der Waals surface area contributed by atoms with Crippen LogP contribution in [0.1, 0.15) is 12.7 Å². The Balaban J connectivity index is 1.68. The van der Waals surface area contributed by atoms with Crippen molar-refractivity contribution < 1.29 is 9.63 Å². The summed E-state index contributed by atoms with van der Waals surface area (Å²) in [7, 11) is 0. The van der Waals surface area contributed by atoms with Gasteiger partial charge in [0.15, 0.2) is 5.76 Å². The minimum atomic E-state index is -0.539. The van der Waals surface area contributed by atoms with E-state index in [0.29, 0.717) is 19.6 Å². The minimum absolute atomic E-state index is 0.539. The highest BCUT2D eigenvalue weighted by Gasteiger charge is 2.36. The average Bonchev–Trinajstić information content (AvgIpc) is 2.76. The van der Waals surface area contributed by atoms with E-state index < -0.39 is 5.60 Å². The van der Waals surface area contributed by atoms with Gasteiger partial charge in [-0.1, -0.05) is 35.5 Å². The van der Waals surface area contributed by atoms with Crippen molar-refractivity contribution in [3.05, 3.63) is 42.2 Å². The van der Waals surface area contributed by atoms with Crippen molar-refractivity contribution in [3.8, 4) is 11.3 Å². The first-order valence-electron chi connectivity index (χ1n) is 6.08. The maximum Gasteiger partial charge on any atom is 0.151 e. The first kappa shape index (κ1) is 11.4. The van der Waals surface area contributed by atoms with E-state index in [-0.39, 0.29) is 0 Å². The molecule has 0 atom stereocenters. The van der Waals surface area contributed by atoms with E-state index in [1.54, 1.807) is 0 Å². The molecule has 1 aliphatic heterocycles. The number of rotatable bonds is 3. The van der Waals surface area contributed by atoms with Gasteiger partial charge in [0.2, 0.25) is 0 Å². The maximum absolute atomic E-state index is 9.66. The molecule has 0 bridgehead atoms. The summed E-state index contributed by atoms with van der Waals surface area (Å²) >= 11 is 0. The first-order valence-corrected chi connectivity index (χ1v) is 6.08. The SMILES string of the molecule is CC1(O)CN(Cc2cc(-c3ccccc3)no2)C1. The zero-order valence-electron chi connectivity index (χ0n) is 10.3. The number of β-amino-alcohol motifs (C(OH)–C–C–N with tert-alkyl or cyclic N) is 1. The fourth-order valence-electron chi connectivity index (χ4n) is 2.38. The lowest BCUT2D eigenvalue weighted by Gasteiger charge is -2.43. The van der Waals surface area contributed by atoms with E-state index in [1.807, 2.05) is 43.3 Å². The van der Waals surface area contributed by atoms with Crippen LogP contribution < -0.4 is 0 Å². The van der Waals surface area contributed by atoms with Gasteiger partial charge in [0.25, 0.3) is 0 Å². The largest absolute Gasteiger partial charge is 0.388 e. The summed E-state index contributed by atoms with van der Waals surface area (Å²) < 4.78 is 5.32. The molecule has 4 nitrogen and oxygen atoms in total. The lowest BCUT2D eigenvalue weighted by atomic mass is 9.97. The van der Waals surface area contributed by atoms with E-state index in [2.05, 4.69) is 10.1 Å². The zero-order valence-corrected chi connectivity index (χ0v) is 10.3. The quantitative estimate of drug-likeness (QED) is 0.896. The number of aliphatic hydroxyl groups is 1. The molecule has 0 spiro atoms. The fourth-order valence-corrected chi connectivity index (χ4v) is 2.38. The Hall–Kier alpha value is -1.65. The lowest BCUT2D eigenvalue weighted by Crippen LogP contribution is -2.59. The molecule has 1 aromatic carbocycles. The van der Waals surface area contributed by atoms with Crippen LogP contribution in [-0.2, 0) is 6.54 Å². The van der Waals surface area contributed by atoms with Gasteiger partial charge in [0, 0.05) is 24.7 Å². The van der Waals surface area contributed by atoms with Gasteiger partial charge < -0.3 is 9.63 Å². The van der Waals surface area contributed by atoms with E-state index in [9.17, 15) is 5.11 Å². The van der Waals surface area contributed by atoms with Crippen LogP contribution in [-0.4, -0.2) is 33.9 Å². The summed E-state index contributed by atoms with van der Waals surface area (Å²) in [5, 5.41) is 13.7. The molecule has 0 aliphatic carbocycles. The Morgan fingerprint density at radius 3 is 2.72 bits per heavy atom. The lowest BCUT2D eigenvalue weighted by molar-refractivity contribution is -0.0895. The third-order valence-corrected chi connectivity index (χ3v) is 3.14. The summed E-state index contributed by atoms with van der Waals surface area (Å²) in [5.74, 6) is 0.837. The summed E-state index contributed by atoms with van der Waals surface area (Å²) in [6.45, 7) is 3.93. The Morgan fingerprint density at radius 2 is 2.06 bits per heavy atom. The average molecular weight is 244 g/mol. The minimum Gasteiger partial charge on any atom is -0.388 e. The van der Waals surface area contributed by atoms with Crippen molar-refractivity contribution in [2.75, 3.05) is 13.1 Å². The Kier molecular flexibility index (Phi) is 2.69. The Bertz CT molecular complexity index is 526. The van der Waals surface area contributed by atoms with E-state index in [4.69, 9.17) is 4.52 Å². The van der Waals surface area contributed by atoms with Crippen LogP contribution in [0.15, 0.2) is 40.9 Å². The van der Waals surface area contributed by atoms with Crippen LogP contribution in [0.25, 0.3) is 11.3 Å². The number of nitrogens with zero attached hydrogens (tertiary/aromatic N) is 2. The van der Waals surface area contributed by atoms with Gasteiger partial charge in [-0.25, -0.2) is 0 Å². The molecule has 2 heterocycles. The van der Waals surface area contributed by atoms with E-state index >= 15 is 0 Å². The molecular weight excluding hydrogens is 228 g/mol. The van der Waals surface area contributed by atoms with Crippen molar-refractivity contribution in [1.82, 2.24) is 10.1 Å². The van der Waals surface area contributed by atoms with Crippen molar-refractivity contribution in [2.24, 2.45) is 0 Å². The van der Waals surface area contributed by atoms with Gasteiger partial charge in [-0.15, -0.1) is 0 Å². The molecule has 1 aromatic heterocycles.